The molecule has 0 radical (unpaired) electrons. The first-order valence-electron chi connectivity index (χ1n) is 3.09. The molecule has 0 aliphatic carbocycles. The fourth-order valence-corrected chi connectivity index (χ4v) is 1.78. The molecule has 0 aliphatic heterocycles. The molecular formula is C7H3BrF4S. The van der Waals surface area contributed by atoms with E-state index in [4.69, 9.17) is 0 Å². The van der Waals surface area contributed by atoms with E-state index in [1.165, 1.54) is 0 Å². The van der Waals surface area contributed by atoms with E-state index in [1.807, 2.05) is 0 Å². The van der Waals surface area contributed by atoms with Gasteiger partial charge in [0.05, 0.1) is 4.47 Å². The molecule has 0 bridgehead atoms. The summed E-state index contributed by atoms with van der Waals surface area (Å²) in [6.07, 6.45) is 0. The summed E-state index contributed by atoms with van der Waals surface area (Å²) in [7, 11) is 0. The lowest BCUT2D eigenvalue weighted by Crippen LogP contribution is -1.98. The number of alkyl halides is 3. The van der Waals surface area contributed by atoms with Crippen molar-refractivity contribution in [3.63, 3.8) is 0 Å². The van der Waals surface area contributed by atoms with Gasteiger partial charge in [-0.05, 0) is 45.9 Å². The maximum absolute atomic E-state index is 12.6. The summed E-state index contributed by atoms with van der Waals surface area (Å²) >= 11 is 2.52. The summed E-state index contributed by atoms with van der Waals surface area (Å²) in [6.45, 7) is 0. The normalized spacial score (nSPS) is 11.8. The SMILES string of the molecule is Fc1ccc(SC(F)(F)F)cc1Br. The Labute approximate surface area is 84.4 Å². The van der Waals surface area contributed by atoms with Crippen LogP contribution in [0.15, 0.2) is 27.6 Å². The Bertz CT molecular complexity index is 310. The molecule has 1 rings (SSSR count). The lowest BCUT2D eigenvalue weighted by atomic mass is 10.3. The van der Waals surface area contributed by atoms with Crippen molar-refractivity contribution in [1.29, 1.82) is 0 Å². The third-order valence-electron chi connectivity index (χ3n) is 1.12. The molecule has 1 aromatic rings. The van der Waals surface area contributed by atoms with Crippen LogP contribution in [0.4, 0.5) is 17.6 Å². The molecule has 13 heavy (non-hydrogen) atoms. The van der Waals surface area contributed by atoms with Gasteiger partial charge in [-0.1, -0.05) is 0 Å². The Kier molecular flexibility index (Phi) is 3.23. The predicted octanol–water partition coefficient (Wildman–Crippen LogP) is 4.20. The Morgan fingerprint density at radius 1 is 1.23 bits per heavy atom. The highest BCUT2D eigenvalue weighted by Crippen LogP contribution is 2.37. The van der Waals surface area contributed by atoms with Gasteiger partial charge in [-0.2, -0.15) is 13.2 Å². The van der Waals surface area contributed by atoms with Gasteiger partial charge in [0, 0.05) is 4.90 Å². The van der Waals surface area contributed by atoms with Crippen LogP contribution in [0.5, 0.6) is 0 Å². The third kappa shape index (κ3) is 3.56. The second-order valence-electron chi connectivity index (χ2n) is 2.12. The molecule has 6 heteroatoms. The Hall–Kier alpha value is -0.230. The highest BCUT2D eigenvalue weighted by molar-refractivity contribution is 9.10. The van der Waals surface area contributed by atoms with Crippen LogP contribution in [0, 0.1) is 5.82 Å². The predicted molar refractivity (Wildman–Crippen MR) is 46.0 cm³/mol. The fourth-order valence-electron chi connectivity index (χ4n) is 0.674. The average Bonchev–Trinajstić information content (AvgIpc) is 1.94. The van der Waals surface area contributed by atoms with Crippen molar-refractivity contribution in [3.05, 3.63) is 28.5 Å². The minimum atomic E-state index is -4.34. The van der Waals surface area contributed by atoms with Gasteiger partial charge in [-0.25, -0.2) is 4.39 Å². The van der Waals surface area contributed by atoms with E-state index in [0.717, 1.165) is 18.2 Å². The molecule has 0 atom stereocenters. The average molecular weight is 275 g/mol. The van der Waals surface area contributed by atoms with Crippen LogP contribution in [0.3, 0.4) is 0 Å². The molecule has 0 amide bonds. The van der Waals surface area contributed by atoms with Crippen LogP contribution in [-0.4, -0.2) is 5.51 Å². The third-order valence-corrected chi connectivity index (χ3v) is 2.45. The first-order valence-corrected chi connectivity index (χ1v) is 4.70. The molecule has 0 unspecified atom stereocenters. The molecule has 0 nitrogen and oxygen atoms in total. The molecule has 0 N–H and O–H groups in total. The van der Waals surface area contributed by atoms with Crippen molar-refractivity contribution in [1.82, 2.24) is 0 Å². The van der Waals surface area contributed by atoms with E-state index in [1.54, 1.807) is 0 Å². The minimum absolute atomic E-state index is 0.0294. The maximum Gasteiger partial charge on any atom is 0.446 e. The van der Waals surface area contributed by atoms with Crippen molar-refractivity contribution >= 4 is 27.7 Å². The van der Waals surface area contributed by atoms with Gasteiger partial charge >= 0.3 is 5.51 Å². The summed E-state index contributed by atoms with van der Waals surface area (Å²) < 4.78 is 48.1. The summed E-state index contributed by atoms with van der Waals surface area (Å²) in [5, 5.41) is 0. The number of halogens is 5. The topological polar surface area (TPSA) is 0 Å². The molecule has 0 spiro atoms. The zero-order chi connectivity index (χ0) is 10.1. The first-order chi connectivity index (χ1) is 5.88. The zero-order valence-corrected chi connectivity index (χ0v) is 8.43. The Morgan fingerprint density at radius 3 is 2.31 bits per heavy atom. The Balaban J connectivity index is 2.86. The van der Waals surface area contributed by atoms with Gasteiger partial charge in [-0.15, -0.1) is 0 Å². The molecule has 1 aromatic carbocycles. The lowest BCUT2D eigenvalue weighted by Gasteiger charge is -2.05. The van der Waals surface area contributed by atoms with Crippen molar-refractivity contribution in [3.8, 4) is 0 Å². The van der Waals surface area contributed by atoms with Gasteiger partial charge < -0.3 is 0 Å². The summed E-state index contributed by atoms with van der Waals surface area (Å²) in [6, 6.07) is 3.16. The monoisotopic (exact) mass is 274 g/mol. The van der Waals surface area contributed by atoms with E-state index < -0.39 is 11.3 Å². The van der Waals surface area contributed by atoms with Crippen molar-refractivity contribution in [2.24, 2.45) is 0 Å². The summed E-state index contributed by atoms with van der Waals surface area (Å²) in [5.41, 5.74) is -4.34. The van der Waals surface area contributed by atoms with Crippen molar-refractivity contribution in [2.75, 3.05) is 0 Å². The first kappa shape index (κ1) is 10.8. The van der Waals surface area contributed by atoms with Gasteiger partial charge in [0.1, 0.15) is 5.82 Å². The molecule has 0 heterocycles. The molecule has 0 saturated heterocycles. The molecule has 72 valence electrons. The van der Waals surface area contributed by atoms with Gasteiger partial charge in [-0.3, -0.25) is 0 Å². The smallest absolute Gasteiger partial charge is 0.206 e. The maximum atomic E-state index is 12.6. The highest BCUT2D eigenvalue weighted by Gasteiger charge is 2.29. The van der Waals surface area contributed by atoms with Crippen LogP contribution in [0.25, 0.3) is 0 Å². The van der Waals surface area contributed by atoms with Gasteiger partial charge in [0.2, 0.25) is 0 Å². The van der Waals surface area contributed by atoms with Gasteiger partial charge in [0.15, 0.2) is 0 Å². The van der Waals surface area contributed by atoms with Crippen LogP contribution in [-0.2, 0) is 0 Å². The number of thioether (sulfide) groups is 1. The second-order valence-corrected chi connectivity index (χ2v) is 4.12. The van der Waals surface area contributed by atoms with E-state index in [9.17, 15) is 17.6 Å². The quantitative estimate of drug-likeness (QED) is 0.546. The van der Waals surface area contributed by atoms with E-state index in [0.29, 0.717) is 0 Å². The summed E-state index contributed by atoms with van der Waals surface area (Å²) in [4.78, 5) is -0.0409. The van der Waals surface area contributed by atoms with Crippen LogP contribution in [0.2, 0.25) is 0 Å². The lowest BCUT2D eigenvalue weighted by molar-refractivity contribution is -0.0328. The summed E-state index contributed by atoms with van der Waals surface area (Å²) in [5.74, 6) is -0.577. The zero-order valence-electron chi connectivity index (χ0n) is 6.03. The molecule has 0 aliphatic rings. The minimum Gasteiger partial charge on any atom is -0.206 e. The standard InChI is InChI=1S/C7H3BrF4S/c8-5-3-4(1-2-6(5)9)13-7(10,11)12/h1-3H. The number of hydrogen-bond donors (Lipinski definition) is 0. The van der Waals surface area contributed by atoms with E-state index in [-0.39, 0.29) is 21.1 Å². The van der Waals surface area contributed by atoms with Crippen molar-refractivity contribution in [2.45, 2.75) is 10.4 Å². The van der Waals surface area contributed by atoms with E-state index in [2.05, 4.69) is 15.9 Å². The fraction of sp³-hybridized carbons (Fsp3) is 0.143. The Morgan fingerprint density at radius 2 is 1.85 bits per heavy atom. The number of hydrogen-bond acceptors (Lipinski definition) is 1. The van der Waals surface area contributed by atoms with Crippen LogP contribution < -0.4 is 0 Å². The van der Waals surface area contributed by atoms with Crippen LogP contribution in [0.1, 0.15) is 0 Å². The van der Waals surface area contributed by atoms with E-state index >= 15 is 0 Å². The largest absolute Gasteiger partial charge is 0.446 e. The van der Waals surface area contributed by atoms with Crippen molar-refractivity contribution < 1.29 is 17.6 Å². The second kappa shape index (κ2) is 3.88. The van der Waals surface area contributed by atoms with Gasteiger partial charge in [0.25, 0.3) is 0 Å². The molecule has 0 aromatic heterocycles. The number of rotatable bonds is 1. The molecule has 0 fully saturated rings. The highest BCUT2D eigenvalue weighted by atomic mass is 79.9. The van der Waals surface area contributed by atoms with Crippen LogP contribution >= 0.6 is 27.7 Å². The number of benzene rings is 1. The molecular weight excluding hydrogens is 272 g/mol. The molecule has 0 saturated carbocycles.